The molecule has 2 rings (SSSR count). The fraction of sp³-hybridized carbons (Fsp3) is 0.833. The molecule has 0 aromatic rings. The van der Waals surface area contributed by atoms with Crippen LogP contribution in [0.3, 0.4) is 0 Å². The minimum atomic E-state index is -0.861. The molecule has 1 saturated carbocycles. The summed E-state index contributed by atoms with van der Waals surface area (Å²) in [6, 6.07) is 0. The minimum absolute atomic E-state index is 0.0846. The SMILES string of the molecule is CCC1C[C@H](C(=O)N2CC(O)C2)[C@H](C(=O)O)C1. The zero-order chi connectivity index (χ0) is 12.6. The predicted molar refractivity (Wildman–Crippen MR) is 60.2 cm³/mol. The molecule has 0 radical (unpaired) electrons. The number of rotatable bonds is 3. The molecule has 2 fully saturated rings. The largest absolute Gasteiger partial charge is 0.481 e. The summed E-state index contributed by atoms with van der Waals surface area (Å²) in [5.41, 5.74) is 0. The van der Waals surface area contributed by atoms with Crippen molar-refractivity contribution in [1.82, 2.24) is 4.90 Å². The van der Waals surface area contributed by atoms with E-state index in [1.54, 1.807) is 4.90 Å². The number of aliphatic hydroxyl groups is 1. The summed E-state index contributed by atoms with van der Waals surface area (Å²) in [5.74, 6) is -1.52. The van der Waals surface area contributed by atoms with E-state index in [-0.39, 0.29) is 11.8 Å². The van der Waals surface area contributed by atoms with Gasteiger partial charge in [0, 0.05) is 13.1 Å². The Morgan fingerprint density at radius 2 is 1.82 bits per heavy atom. The number of carboxylic acids is 1. The fourth-order valence-electron chi connectivity index (χ4n) is 2.89. The van der Waals surface area contributed by atoms with E-state index in [4.69, 9.17) is 5.11 Å². The molecular weight excluding hydrogens is 222 g/mol. The molecule has 0 bridgehead atoms. The van der Waals surface area contributed by atoms with Crippen LogP contribution in [0.1, 0.15) is 26.2 Å². The molecule has 2 aliphatic rings. The standard InChI is InChI=1S/C12H19NO4/c1-2-7-3-9(10(4-7)12(16)17)11(15)13-5-8(14)6-13/h7-10,14H,2-6H2,1H3,(H,16,17)/t7?,9-,10+/m0/s1. The molecule has 0 aromatic heterocycles. The van der Waals surface area contributed by atoms with Gasteiger partial charge < -0.3 is 15.1 Å². The highest BCUT2D eigenvalue weighted by Crippen LogP contribution is 2.39. The molecule has 5 nitrogen and oxygen atoms in total. The number of likely N-dealkylation sites (tertiary alicyclic amines) is 1. The van der Waals surface area contributed by atoms with Crippen LogP contribution in [0.4, 0.5) is 0 Å². The summed E-state index contributed by atoms with van der Waals surface area (Å²) >= 11 is 0. The second-order valence-electron chi connectivity index (χ2n) is 5.19. The average Bonchev–Trinajstić information content (AvgIpc) is 2.68. The first-order valence-corrected chi connectivity index (χ1v) is 6.22. The van der Waals surface area contributed by atoms with Gasteiger partial charge in [0.1, 0.15) is 0 Å². The highest BCUT2D eigenvalue weighted by molar-refractivity contribution is 5.86. The maximum absolute atomic E-state index is 12.1. The number of amides is 1. The van der Waals surface area contributed by atoms with Crippen LogP contribution >= 0.6 is 0 Å². The summed E-state index contributed by atoms with van der Waals surface area (Å²) in [7, 11) is 0. The summed E-state index contributed by atoms with van der Waals surface area (Å²) in [4.78, 5) is 24.8. The van der Waals surface area contributed by atoms with Gasteiger partial charge >= 0.3 is 5.97 Å². The second kappa shape index (κ2) is 4.64. The Morgan fingerprint density at radius 1 is 1.24 bits per heavy atom. The maximum Gasteiger partial charge on any atom is 0.307 e. The van der Waals surface area contributed by atoms with Crippen molar-refractivity contribution in [3.8, 4) is 0 Å². The second-order valence-corrected chi connectivity index (χ2v) is 5.19. The number of aliphatic hydroxyl groups excluding tert-OH is 1. The molecule has 1 saturated heterocycles. The van der Waals surface area contributed by atoms with E-state index in [9.17, 15) is 14.7 Å². The topological polar surface area (TPSA) is 77.8 Å². The molecule has 96 valence electrons. The van der Waals surface area contributed by atoms with Crippen molar-refractivity contribution in [3.05, 3.63) is 0 Å². The lowest BCUT2D eigenvalue weighted by Crippen LogP contribution is -2.55. The quantitative estimate of drug-likeness (QED) is 0.746. The van der Waals surface area contributed by atoms with Crippen molar-refractivity contribution < 1.29 is 19.8 Å². The molecular formula is C12H19NO4. The van der Waals surface area contributed by atoms with Crippen LogP contribution in [0.2, 0.25) is 0 Å². The maximum atomic E-state index is 12.1. The Kier molecular flexibility index (Phi) is 3.38. The molecule has 0 aromatic carbocycles. The molecule has 1 amide bonds. The molecule has 17 heavy (non-hydrogen) atoms. The van der Waals surface area contributed by atoms with E-state index in [1.165, 1.54) is 0 Å². The van der Waals surface area contributed by atoms with Gasteiger partial charge in [0.2, 0.25) is 5.91 Å². The Labute approximate surface area is 100 Å². The van der Waals surface area contributed by atoms with Crippen molar-refractivity contribution in [2.24, 2.45) is 17.8 Å². The first-order valence-electron chi connectivity index (χ1n) is 6.22. The highest BCUT2D eigenvalue weighted by Gasteiger charge is 2.45. The number of β-amino-alcohol motifs (C(OH)–C–C–N with tert-alkyl or cyclic N) is 1. The van der Waals surface area contributed by atoms with E-state index in [0.29, 0.717) is 31.8 Å². The van der Waals surface area contributed by atoms with Crippen molar-refractivity contribution in [2.75, 3.05) is 13.1 Å². The number of hydrogen-bond acceptors (Lipinski definition) is 3. The van der Waals surface area contributed by atoms with Crippen LogP contribution in [0.25, 0.3) is 0 Å². The van der Waals surface area contributed by atoms with Gasteiger partial charge in [-0.15, -0.1) is 0 Å². The van der Waals surface area contributed by atoms with Gasteiger partial charge in [-0.3, -0.25) is 9.59 Å². The van der Waals surface area contributed by atoms with E-state index in [0.717, 1.165) is 6.42 Å². The molecule has 1 aliphatic carbocycles. The smallest absolute Gasteiger partial charge is 0.307 e. The molecule has 1 aliphatic heterocycles. The fourth-order valence-corrected chi connectivity index (χ4v) is 2.89. The molecule has 1 unspecified atom stereocenters. The van der Waals surface area contributed by atoms with Crippen molar-refractivity contribution in [1.29, 1.82) is 0 Å². The first kappa shape index (κ1) is 12.4. The normalized spacial score (nSPS) is 33.5. The molecule has 3 atom stereocenters. The third-order valence-corrected chi connectivity index (χ3v) is 4.05. The first-order chi connectivity index (χ1) is 8.02. The number of aliphatic carboxylic acids is 1. The van der Waals surface area contributed by atoms with Crippen LogP contribution in [0, 0.1) is 17.8 Å². The summed E-state index contributed by atoms with van der Waals surface area (Å²) in [6.45, 7) is 2.75. The zero-order valence-electron chi connectivity index (χ0n) is 10.0. The van der Waals surface area contributed by atoms with Gasteiger partial charge in [0.05, 0.1) is 17.9 Å². The van der Waals surface area contributed by atoms with Crippen LogP contribution in [-0.2, 0) is 9.59 Å². The average molecular weight is 241 g/mol. The molecule has 2 N–H and O–H groups in total. The van der Waals surface area contributed by atoms with E-state index in [2.05, 4.69) is 0 Å². The van der Waals surface area contributed by atoms with Crippen LogP contribution in [-0.4, -0.2) is 46.2 Å². The van der Waals surface area contributed by atoms with Gasteiger partial charge in [-0.2, -0.15) is 0 Å². The van der Waals surface area contributed by atoms with Gasteiger partial charge in [-0.25, -0.2) is 0 Å². The van der Waals surface area contributed by atoms with Crippen molar-refractivity contribution in [2.45, 2.75) is 32.3 Å². The molecule has 1 heterocycles. The summed E-state index contributed by atoms with van der Waals surface area (Å²) in [5, 5.41) is 18.3. The number of carbonyl (C=O) groups excluding carboxylic acids is 1. The number of hydrogen-bond donors (Lipinski definition) is 2. The van der Waals surface area contributed by atoms with Crippen LogP contribution in [0.15, 0.2) is 0 Å². The van der Waals surface area contributed by atoms with Crippen molar-refractivity contribution in [3.63, 3.8) is 0 Å². The van der Waals surface area contributed by atoms with Gasteiger partial charge in [0.15, 0.2) is 0 Å². The van der Waals surface area contributed by atoms with E-state index in [1.807, 2.05) is 6.92 Å². The van der Waals surface area contributed by atoms with Gasteiger partial charge in [-0.05, 0) is 18.8 Å². The van der Waals surface area contributed by atoms with Crippen LogP contribution < -0.4 is 0 Å². The minimum Gasteiger partial charge on any atom is -0.481 e. The highest BCUT2D eigenvalue weighted by atomic mass is 16.4. The van der Waals surface area contributed by atoms with Crippen molar-refractivity contribution >= 4 is 11.9 Å². The van der Waals surface area contributed by atoms with E-state index < -0.39 is 18.0 Å². The number of nitrogens with zero attached hydrogens (tertiary/aromatic N) is 1. The van der Waals surface area contributed by atoms with Gasteiger partial charge in [0.25, 0.3) is 0 Å². The zero-order valence-corrected chi connectivity index (χ0v) is 10.0. The number of carbonyl (C=O) groups is 2. The van der Waals surface area contributed by atoms with Crippen LogP contribution in [0.5, 0.6) is 0 Å². The summed E-state index contributed by atoms with van der Waals surface area (Å²) < 4.78 is 0. The Hall–Kier alpha value is -1.10. The third-order valence-electron chi connectivity index (χ3n) is 4.05. The monoisotopic (exact) mass is 241 g/mol. The lowest BCUT2D eigenvalue weighted by molar-refractivity contribution is -0.154. The Balaban J connectivity index is 2.02. The van der Waals surface area contributed by atoms with E-state index >= 15 is 0 Å². The molecule has 5 heteroatoms. The van der Waals surface area contributed by atoms with Gasteiger partial charge in [-0.1, -0.05) is 13.3 Å². The third kappa shape index (κ3) is 2.29. The summed E-state index contributed by atoms with van der Waals surface area (Å²) in [6.07, 6.45) is 1.79. The Morgan fingerprint density at radius 3 is 2.29 bits per heavy atom. The molecule has 0 spiro atoms. The number of carboxylic acid groups (broad SMARTS) is 1. The predicted octanol–water partition coefficient (Wildman–Crippen LogP) is 0.326. The lowest BCUT2D eigenvalue weighted by Gasteiger charge is -2.38. The lowest BCUT2D eigenvalue weighted by atomic mass is 9.93. The Bertz CT molecular complexity index is 324.